The molecule has 2 unspecified atom stereocenters. The molecule has 0 fully saturated rings. The Bertz CT molecular complexity index is 308. The lowest BCUT2D eigenvalue weighted by Gasteiger charge is -2.21. The van der Waals surface area contributed by atoms with Gasteiger partial charge in [-0.25, -0.2) is 4.79 Å². The molecule has 18 heavy (non-hydrogen) atoms. The van der Waals surface area contributed by atoms with Gasteiger partial charge in [-0.05, 0) is 5.92 Å². The van der Waals surface area contributed by atoms with E-state index in [-0.39, 0.29) is 23.3 Å². The Morgan fingerprint density at radius 3 is 2.39 bits per heavy atom. The number of carboxylic acids is 1. The van der Waals surface area contributed by atoms with Crippen LogP contribution < -0.4 is 5.32 Å². The van der Waals surface area contributed by atoms with Gasteiger partial charge in [-0.3, -0.25) is 9.59 Å². The number of aliphatic carboxylic acids is 1. The molecule has 0 aromatic rings. The number of esters is 1. The number of rotatable bonds is 8. The minimum absolute atomic E-state index is 0.0101. The van der Waals surface area contributed by atoms with E-state index in [1.165, 1.54) is 7.11 Å². The highest BCUT2D eigenvalue weighted by Gasteiger charge is 2.26. The number of amides is 1. The van der Waals surface area contributed by atoms with Crippen LogP contribution >= 0.6 is 11.8 Å². The monoisotopic (exact) mass is 277 g/mol. The summed E-state index contributed by atoms with van der Waals surface area (Å²) in [5, 5.41) is 11.0. The van der Waals surface area contributed by atoms with Crippen LogP contribution in [0, 0.1) is 5.92 Å². The molecule has 2 atom stereocenters. The van der Waals surface area contributed by atoms with Crippen LogP contribution in [0.3, 0.4) is 0 Å². The zero-order chi connectivity index (χ0) is 14.1. The van der Waals surface area contributed by atoms with Crippen LogP contribution in [0.15, 0.2) is 0 Å². The number of hydrogen-bond acceptors (Lipinski definition) is 5. The number of nitrogens with one attached hydrogen (secondary N) is 1. The van der Waals surface area contributed by atoms with Gasteiger partial charge in [0, 0.05) is 0 Å². The van der Waals surface area contributed by atoms with Gasteiger partial charge in [0.1, 0.15) is 6.04 Å². The Hall–Kier alpha value is -1.24. The number of ether oxygens (including phenoxy) is 1. The fraction of sp³-hybridized carbons (Fsp3) is 0.727. The van der Waals surface area contributed by atoms with Crippen molar-refractivity contribution in [3.05, 3.63) is 0 Å². The van der Waals surface area contributed by atoms with E-state index in [9.17, 15) is 14.4 Å². The van der Waals surface area contributed by atoms with Crippen molar-refractivity contribution >= 4 is 29.6 Å². The summed E-state index contributed by atoms with van der Waals surface area (Å²) in [6.07, 6.45) is 0.725. The molecule has 0 radical (unpaired) electrons. The molecule has 0 spiro atoms. The predicted molar refractivity (Wildman–Crippen MR) is 68.4 cm³/mol. The molecule has 0 bridgehead atoms. The Kier molecular flexibility index (Phi) is 8.19. The summed E-state index contributed by atoms with van der Waals surface area (Å²) in [5.74, 6) is -1.99. The smallest absolute Gasteiger partial charge is 0.328 e. The number of methoxy groups -OCH3 is 1. The topological polar surface area (TPSA) is 92.7 Å². The molecule has 0 aliphatic rings. The van der Waals surface area contributed by atoms with Gasteiger partial charge in [-0.15, -0.1) is 11.8 Å². The summed E-state index contributed by atoms with van der Waals surface area (Å²) >= 11 is 0.986. The molecule has 7 heteroatoms. The van der Waals surface area contributed by atoms with Gasteiger partial charge < -0.3 is 15.2 Å². The zero-order valence-electron chi connectivity index (χ0n) is 10.8. The fourth-order valence-electron chi connectivity index (χ4n) is 1.24. The first-order valence-corrected chi connectivity index (χ1v) is 6.74. The Morgan fingerprint density at radius 1 is 1.33 bits per heavy atom. The summed E-state index contributed by atoms with van der Waals surface area (Å²) in [7, 11) is 1.27. The minimum atomic E-state index is -0.973. The van der Waals surface area contributed by atoms with Gasteiger partial charge in [-0.1, -0.05) is 20.3 Å². The number of carbonyl (C=O) groups excluding carboxylic acids is 2. The van der Waals surface area contributed by atoms with E-state index in [4.69, 9.17) is 5.11 Å². The molecular formula is C11H19NO5S. The highest BCUT2D eigenvalue weighted by atomic mass is 32.2. The lowest BCUT2D eigenvalue weighted by Crippen LogP contribution is -2.46. The molecule has 0 saturated heterocycles. The van der Waals surface area contributed by atoms with E-state index in [0.29, 0.717) is 0 Å². The SMILES string of the molecule is CCC(C)C(NC(=O)CSCC(=O)O)C(=O)OC. The van der Waals surface area contributed by atoms with Crippen LogP contribution in [0.4, 0.5) is 0 Å². The number of carbonyl (C=O) groups is 3. The average Bonchev–Trinajstić information content (AvgIpc) is 2.33. The summed E-state index contributed by atoms with van der Waals surface area (Å²) in [6, 6.07) is -0.682. The van der Waals surface area contributed by atoms with Crippen molar-refractivity contribution in [2.24, 2.45) is 5.92 Å². The quantitative estimate of drug-likeness (QED) is 0.628. The molecule has 0 heterocycles. The highest BCUT2D eigenvalue weighted by Crippen LogP contribution is 2.10. The maximum Gasteiger partial charge on any atom is 0.328 e. The van der Waals surface area contributed by atoms with E-state index in [2.05, 4.69) is 10.1 Å². The van der Waals surface area contributed by atoms with Crippen LogP contribution in [0.5, 0.6) is 0 Å². The van der Waals surface area contributed by atoms with E-state index in [0.717, 1.165) is 18.2 Å². The molecule has 0 aromatic carbocycles. The predicted octanol–water partition coefficient (Wildman–Crippen LogP) is 0.508. The second-order valence-corrected chi connectivity index (χ2v) is 4.83. The van der Waals surface area contributed by atoms with Crippen molar-refractivity contribution in [2.45, 2.75) is 26.3 Å². The lowest BCUT2D eigenvalue weighted by molar-refractivity contribution is -0.146. The maximum absolute atomic E-state index is 11.5. The Balaban J connectivity index is 4.27. The van der Waals surface area contributed by atoms with Gasteiger partial charge in [0.15, 0.2) is 0 Å². The van der Waals surface area contributed by atoms with Crippen LogP contribution in [-0.4, -0.2) is 47.6 Å². The third-order valence-electron chi connectivity index (χ3n) is 2.44. The van der Waals surface area contributed by atoms with E-state index < -0.39 is 18.0 Å². The number of thioether (sulfide) groups is 1. The summed E-state index contributed by atoms with van der Waals surface area (Å²) in [5.41, 5.74) is 0. The van der Waals surface area contributed by atoms with Crippen LogP contribution in [0.1, 0.15) is 20.3 Å². The van der Waals surface area contributed by atoms with Crippen molar-refractivity contribution in [3.8, 4) is 0 Å². The summed E-state index contributed by atoms with van der Waals surface area (Å²) in [4.78, 5) is 33.3. The van der Waals surface area contributed by atoms with E-state index >= 15 is 0 Å². The molecule has 2 N–H and O–H groups in total. The third kappa shape index (κ3) is 6.48. The number of carboxylic acid groups (broad SMARTS) is 1. The van der Waals surface area contributed by atoms with Crippen LogP contribution in [-0.2, 0) is 19.1 Å². The molecule has 0 aliphatic carbocycles. The largest absolute Gasteiger partial charge is 0.481 e. The molecule has 1 amide bonds. The summed E-state index contributed by atoms with van der Waals surface area (Å²) < 4.78 is 4.62. The minimum Gasteiger partial charge on any atom is -0.481 e. The first-order valence-electron chi connectivity index (χ1n) is 5.59. The summed E-state index contributed by atoms with van der Waals surface area (Å²) in [6.45, 7) is 3.75. The average molecular weight is 277 g/mol. The van der Waals surface area contributed by atoms with Gasteiger partial charge in [0.25, 0.3) is 0 Å². The van der Waals surface area contributed by atoms with Gasteiger partial charge in [0.2, 0.25) is 5.91 Å². The van der Waals surface area contributed by atoms with E-state index in [1.54, 1.807) is 0 Å². The first kappa shape index (κ1) is 16.8. The zero-order valence-corrected chi connectivity index (χ0v) is 11.6. The lowest BCUT2D eigenvalue weighted by atomic mass is 9.99. The number of hydrogen-bond donors (Lipinski definition) is 2. The van der Waals surface area contributed by atoms with Crippen molar-refractivity contribution < 1.29 is 24.2 Å². The van der Waals surface area contributed by atoms with Gasteiger partial charge >= 0.3 is 11.9 Å². The van der Waals surface area contributed by atoms with Gasteiger partial charge in [0.05, 0.1) is 18.6 Å². The van der Waals surface area contributed by atoms with Crippen molar-refractivity contribution in [3.63, 3.8) is 0 Å². The van der Waals surface area contributed by atoms with Crippen LogP contribution in [0.25, 0.3) is 0 Å². The molecule has 0 aliphatic heterocycles. The molecular weight excluding hydrogens is 258 g/mol. The molecule has 0 saturated carbocycles. The molecule has 0 rings (SSSR count). The standard InChI is InChI=1S/C11H19NO5S/c1-4-7(2)10(11(16)17-3)12-8(13)5-18-6-9(14)15/h7,10H,4-6H2,1-3H3,(H,12,13)(H,14,15). The van der Waals surface area contributed by atoms with Crippen molar-refractivity contribution in [2.75, 3.05) is 18.6 Å². The van der Waals surface area contributed by atoms with Gasteiger partial charge in [-0.2, -0.15) is 0 Å². The maximum atomic E-state index is 11.5. The van der Waals surface area contributed by atoms with Crippen molar-refractivity contribution in [1.82, 2.24) is 5.32 Å². The normalized spacial score (nSPS) is 13.5. The fourth-order valence-corrected chi connectivity index (χ4v) is 1.79. The highest BCUT2D eigenvalue weighted by molar-refractivity contribution is 8.00. The van der Waals surface area contributed by atoms with Crippen LogP contribution in [0.2, 0.25) is 0 Å². The first-order chi connectivity index (χ1) is 8.42. The van der Waals surface area contributed by atoms with Crippen molar-refractivity contribution in [1.29, 1.82) is 0 Å². The second-order valence-electron chi connectivity index (χ2n) is 3.84. The second kappa shape index (κ2) is 8.79. The molecule has 6 nitrogen and oxygen atoms in total. The van der Waals surface area contributed by atoms with E-state index in [1.807, 2.05) is 13.8 Å². The molecule has 104 valence electrons. The third-order valence-corrected chi connectivity index (χ3v) is 3.36. The Morgan fingerprint density at radius 2 is 1.94 bits per heavy atom. The molecule has 0 aromatic heterocycles. The Labute approximate surface area is 110 Å².